The molecule has 1 aliphatic carbocycles. The number of ether oxygens (including phenoxy) is 1. The SMILES string of the molecule is COC(=O)c1cccc(NC(=O)CN2C(=O)[C@H]3CC=CC[C@H]3C2=O)c1. The maximum absolute atomic E-state index is 12.4. The molecule has 1 aliphatic heterocycles. The number of benzene rings is 1. The molecule has 1 heterocycles. The minimum absolute atomic E-state index is 0.294. The van der Waals surface area contributed by atoms with Gasteiger partial charge in [-0.1, -0.05) is 18.2 Å². The molecule has 3 rings (SSSR count). The Labute approximate surface area is 144 Å². The molecule has 1 aromatic rings. The summed E-state index contributed by atoms with van der Waals surface area (Å²) < 4.78 is 4.63. The van der Waals surface area contributed by atoms with Crippen molar-refractivity contribution in [1.82, 2.24) is 4.90 Å². The van der Waals surface area contributed by atoms with E-state index in [-0.39, 0.29) is 30.2 Å². The number of allylic oxidation sites excluding steroid dienone is 2. The quantitative estimate of drug-likeness (QED) is 0.507. The van der Waals surface area contributed by atoms with Gasteiger partial charge in [0.1, 0.15) is 6.54 Å². The molecule has 1 fully saturated rings. The minimum atomic E-state index is -0.516. The molecule has 1 saturated heterocycles. The van der Waals surface area contributed by atoms with Crippen LogP contribution in [0.5, 0.6) is 0 Å². The number of hydrogen-bond donors (Lipinski definition) is 1. The molecule has 2 aliphatic rings. The molecule has 7 nitrogen and oxygen atoms in total. The van der Waals surface area contributed by atoms with E-state index in [1.807, 2.05) is 12.2 Å². The van der Waals surface area contributed by atoms with Gasteiger partial charge in [-0.25, -0.2) is 4.79 Å². The maximum atomic E-state index is 12.4. The molecule has 0 bridgehead atoms. The first kappa shape index (κ1) is 16.9. The molecule has 1 N–H and O–H groups in total. The number of rotatable bonds is 4. The first-order valence-electron chi connectivity index (χ1n) is 7.99. The van der Waals surface area contributed by atoms with Gasteiger partial charge in [0.25, 0.3) is 0 Å². The van der Waals surface area contributed by atoms with Crippen LogP contribution in [0.2, 0.25) is 0 Å². The fraction of sp³-hybridized carbons (Fsp3) is 0.333. The monoisotopic (exact) mass is 342 g/mol. The van der Waals surface area contributed by atoms with E-state index in [9.17, 15) is 19.2 Å². The van der Waals surface area contributed by atoms with Crippen LogP contribution in [0.4, 0.5) is 5.69 Å². The number of nitrogens with zero attached hydrogens (tertiary/aromatic N) is 1. The molecule has 2 atom stereocenters. The number of hydrogen-bond acceptors (Lipinski definition) is 5. The lowest BCUT2D eigenvalue weighted by atomic mass is 9.85. The minimum Gasteiger partial charge on any atom is -0.465 e. The van der Waals surface area contributed by atoms with Crippen molar-refractivity contribution in [3.05, 3.63) is 42.0 Å². The largest absolute Gasteiger partial charge is 0.465 e. The average Bonchev–Trinajstić information content (AvgIpc) is 2.86. The van der Waals surface area contributed by atoms with Gasteiger partial charge in [0.15, 0.2) is 0 Å². The van der Waals surface area contributed by atoms with Crippen LogP contribution in [0.1, 0.15) is 23.2 Å². The van der Waals surface area contributed by atoms with E-state index in [1.165, 1.54) is 13.2 Å². The zero-order valence-corrected chi connectivity index (χ0v) is 13.7. The van der Waals surface area contributed by atoms with Crippen molar-refractivity contribution < 1.29 is 23.9 Å². The Morgan fingerprint density at radius 2 is 1.80 bits per heavy atom. The summed E-state index contributed by atoms with van der Waals surface area (Å²) in [7, 11) is 1.27. The second kappa shape index (κ2) is 6.88. The van der Waals surface area contributed by atoms with Crippen molar-refractivity contribution in [3.63, 3.8) is 0 Å². The third-order valence-corrected chi connectivity index (χ3v) is 4.47. The Balaban J connectivity index is 1.66. The first-order valence-corrected chi connectivity index (χ1v) is 7.99. The summed E-state index contributed by atoms with van der Waals surface area (Å²) in [5.41, 5.74) is 0.691. The summed E-state index contributed by atoms with van der Waals surface area (Å²) in [5.74, 6) is -2.30. The molecule has 25 heavy (non-hydrogen) atoms. The highest BCUT2D eigenvalue weighted by Gasteiger charge is 2.47. The number of imide groups is 1. The number of fused-ring (bicyclic) bond motifs is 1. The zero-order chi connectivity index (χ0) is 18.0. The summed E-state index contributed by atoms with van der Waals surface area (Å²) in [6, 6.07) is 6.25. The second-order valence-electron chi connectivity index (χ2n) is 6.04. The van der Waals surface area contributed by atoms with Crippen LogP contribution in [-0.4, -0.2) is 42.2 Å². The summed E-state index contributed by atoms with van der Waals surface area (Å²) in [6.45, 7) is -0.326. The van der Waals surface area contributed by atoms with E-state index >= 15 is 0 Å². The number of anilines is 1. The smallest absolute Gasteiger partial charge is 0.337 e. The molecule has 7 heteroatoms. The number of carbonyl (C=O) groups excluding carboxylic acids is 4. The standard InChI is InChI=1S/C18H18N2O5/c1-25-18(24)11-5-4-6-12(9-11)19-15(21)10-20-16(22)13-7-2-3-8-14(13)17(20)23/h2-6,9,13-14H,7-8,10H2,1H3,(H,19,21)/t13-,14+. The molecule has 130 valence electrons. The predicted octanol–water partition coefficient (Wildman–Crippen LogP) is 1.36. The van der Waals surface area contributed by atoms with Gasteiger partial charge in [-0.3, -0.25) is 19.3 Å². The Hall–Kier alpha value is -2.96. The Bertz CT molecular complexity index is 744. The molecule has 0 radical (unpaired) electrons. The number of nitrogens with one attached hydrogen (secondary N) is 1. The molecule has 0 saturated carbocycles. The van der Waals surface area contributed by atoms with Crippen LogP contribution in [0.25, 0.3) is 0 Å². The highest BCUT2D eigenvalue weighted by Crippen LogP contribution is 2.34. The number of carbonyl (C=O) groups is 4. The van der Waals surface area contributed by atoms with Gasteiger partial charge in [-0.2, -0.15) is 0 Å². The Morgan fingerprint density at radius 1 is 1.16 bits per heavy atom. The lowest BCUT2D eigenvalue weighted by molar-refractivity contribution is -0.142. The van der Waals surface area contributed by atoms with Crippen LogP contribution in [0, 0.1) is 11.8 Å². The highest BCUT2D eigenvalue weighted by atomic mass is 16.5. The normalized spacial score (nSPS) is 21.9. The van der Waals surface area contributed by atoms with Crippen LogP contribution < -0.4 is 5.32 Å². The van der Waals surface area contributed by atoms with Gasteiger partial charge in [0.2, 0.25) is 17.7 Å². The molecule has 0 unspecified atom stereocenters. The summed E-state index contributed by atoms with van der Waals surface area (Å²) in [4.78, 5) is 49.5. The van der Waals surface area contributed by atoms with E-state index in [0.717, 1.165) is 4.90 Å². The van der Waals surface area contributed by atoms with Crippen molar-refractivity contribution in [2.24, 2.45) is 11.8 Å². The number of likely N-dealkylation sites (tertiary alicyclic amines) is 1. The van der Waals surface area contributed by atoms with Crippen molar-refractivity contribution in [1.29, 1.82) is 0 Å². The summed E-state index contributed by atoms with van der Waals surface area (Å²) in [6.07, 6.45) is 4.87. The van der Waals surface area contributed by atoms with Gasteiger partial charge in [0, 0.05) is 5.69 Å². The Kier molecular flexibility index (Phi) is 4.65. The van der Waals surface area contributed by atoms with E-state index in [1.54, 1.807) is 18.2 Å². The predicted molar refractivity (Wildman–Crippen MR) is 88.5 cm³/mol. The molecule has 3 amide bonds. The summed E-state index contributed by atoms with van der Waals surface area (Å²) >= 11 is 0. The topological polar surface area (TPSA) is 92.8 Å². The maximum Gasteiger partial charge on any atom is 0.337 e. The van der Waals surface area contributed by atoms with Crippen molar-refractivity contribution in [2.75, 3.05) is 19.0 Å². The first-order chi connectivity index (χ1) is 12.0. The lowest BCUT2D eigenvalue weighted by Gasteiger charge is -2.14. The summed E-state index contributed by atoms with van der Waals surface area (Å²) in [5, 5.41) is 2.60. The van der Waals surface area contributed by atoms with Crippen LogP contribution in [0.15, 0.2) is 36.4 Å². The highest BCUT2D eigenvalue weighted by molar-refractivity contribution is 6.09. The fourth-order valence-electron chi connectivity index (χ4n) is 3.21. The van der Waals surface area contributed by atoms with Crippen molar-refractivity contribution >= 4 is 29.4 Å². The number of methoxy groups -OCH3 is 1. The van der Waals surface area contributed by atoms with Gasteiger partial charge in [-0.15, -0.1) is 0 Å². The number of amides is 3. The average molecular weight is 342 g/mol. The van der Waals surface area contributed by atoms with Crippen LogP contribution in [0.3, 0.4) is 0 Å². The lowest BCUT2D eigenvalue weighted by Crippen LogP contribution is -2.38. The molecular weight excluding hydrogens is 324 g/mol. The third kappa shape index (κ3) is 3.31. The van der Waals surface area contributed by atoms with E-state index in [4.69, 9.17) is 0 Å². The Morgan fingerprint density at radius 3 is 2.40 bits per heavy atom. The van der Waals surface area contributed by atoms with E-state index in [2.05, 4.69) is 10.1 Å². The van der Waals surface area contributed by atoms with E-state index < -0.39 is 11.9 Å². The molecule has 1 aromatic carbocycles. The van der Waals surface area contributed by atoms with Crippen molar-refractivity contribution in [3.8, 4) is 0 Å². The molecule has 0 aromatic heterocycles. The second-order valence-corrected chi connectivity index (χ2v) is 6.04. The van der Waals surface area contributed by atoms with Crippen molar-refractivity contribution in [2.45, 2.75) is 12.8 Å². The number of esters is 1. The zero-order valence-electron chi connectivity index (χ0n) is 13.7. The van der Waals surface area contributed by atoms with Gasteiger partial charge >= 0.3 is 5.97 Å². The fourth-order valence-corrected chi connectivity index (χ4v) is 3.21. The van der Waals surface area contributed by atoms with E-state index in [0.29, 0.717) is 24.1 Å². The van der Waals surface area contributed by atoms with Crippen LogP contribution >= 0.6 is 0 Å². The third-order valence-electron chi connectivity index (χ3n) is 4.47. The van der Waals surface area contributed by atoms with Gasteiger partial charge in [-0.05, 0) is 31.0 Å². The molecule has 0 spiro atoms. The molecular formula is C18H18N2O5. The van der Waals surface area contributed by atoms with Gasteiger partial charge in [0.05, 0.1) is 24.5 Å². The van der Waals surface area contributed by atoms with Crippen LogP contribution in [-0.2, 0) is 19.1 Å². The van der Waals surface area contributed by atoms with Gasteiger partial charge < -0.3 is 10.1 Å².